The fourth-order valence-electron chi connectivity index (χ4n) is 4.22. The molecule has 2 aliphatic heterocycles. The first-order valence-corrected chi connectivity index (χ1v) is 13.8. The maximum Gasteiger partial charge on any atom is 0.350 e. The third-order valence-electron chi connectivity index (χ3n) is 6.33. The van der Waals surface area contributed by atoms with Crippen molar-refractivity contribution in [3.63, 3.8) is 0 Å². The lowest BCUT2D eigenvalue weighted by Gasteiger charge is -2.42. The van der Waals surface area contributed by atoms with Crippen LogP contribution in [-0.2, 0) is 32.7 Å². The quantitative estimate of drug-likeness (QED) is 0.260. The van der Waals surface area contributed by atoms with Crippen molar-refractivity contribution in [1.82, 2.24) is 19.6 Å². The molecule has 0 aromatic carbocycles. The van der Waals surface area contributed by atoms with Crippen molar-refractivity contribution in [3.05, 3.63) is 0 Å². The average molecular weight is 519 g/mol. The minimum Gasteiger partial charge on any atom is -0.459 e. The molecule has 0 aliphatic carbocycles. The van der Waals surface area contributed by atoms with Gasteiger partial charge in [0.05, 0.1) is 32.8 Å². The standard InChI is InChI=1S/C23H43N4O7P/c1-22(2,3)34-21(30)20-26-9-8-24(14-16-28)6-7-25(15-17-29)10-12-27(13-11-26)23(4,5)35(31)32-18-19-33-35/h16-17H,6-15,18-20H2,1-5H3. The second-order valence-electron chi connectivity index (χ2n) is 10.4. The number of esters is 1. The number of hydrogen-bond acceptors (Lipinski definition) is 11. The van der Waals surface area contributed by atoms with E-state index in [0.717, 1.165) is 12.6 Å². The van der Waals surface area contributed by atoms with Crippen LogP contribution < -0.4 is 0 Å². The summed E-state index contributed by atoms with van der Waals surface area (Å²) in [6, 6.07) is 0. The summed E-state index contributed by atoms with van der Waals surface area (Å²) < 4.78 is 30.2. The minimum atomic E-state index is -3.37. The second-order valence-corrected chi connectivity index (χ2v) is 13.0. The third kappa shape index (κ3) is 9.31. The molecule has 0 radical (unpaired) electrons. The van der Waals surface area contributed by atoms with E-state index < -0.39 is 18.5 Å². The van der Waals surface area contributed by atoms with Gasteiger partial charge in [0.1, 0.15) is 23.5 Å². The largest absolute Gasteiger partial charge is 0.459 e. The van der Waals surface area contributed by atoms with Gasteiger partial charge in [-0.3, -0.25) is 29.0 Å². The third-order valence-corrected chi connectivity index (χ3v) is 8.99. The molecular formula is C23H43N4O7P. The number of carbonyl (C=O) groups excluding carboxylic acids is 3. The SMILES string of the molecule is CC(C)(C)OC(=O)CN1CCN(CC=O)CCN(CC=O)CCN(C(C)(C)P2(=O)OCCO2)CC1. The van der Waals surface area contributed by atoms with E-state index >= 15 is 0 Å². The van der Waals surface area contributed by atoms with E-state index in [1.54, 1.807) is 0 Å². The van der Waals surface area contributed by atoms with Gasteiger partial charge in [0.15, 0.2) is 0 Å². The Morgan fingerprint density at radius 2 is 1.23 bits per heavy atom. The molecule has 0 unspecified atom stereocenters. The second kappa shape index (κ2) is 13.4. The van der Waals surface area contributed by atoms with Gasteiger partial charge in [0.2, 0.25) is 0 Å². The Morgan fingerprint density at radius 3 is 1.69 bits per heavy atom. The van der Waals surface area contributed by atoms with Crippen LogP contribution in [0.4, 0.5) is 0 Å². The van der Waals surface area contributed by atoms with Crippen LogP contribution in [0.2, 0.25) is 0 Å². The molecule has 2 heterocycles. The molecule has 2 fully saturated rings. The zero-order valence-corrected chi connectivity index (χ0v) is 22.8. The first kappa shape index (κ1) is 30.0. The normalized spacial score (nSPS) is 22.8. The van der Waals surface area contributed by atoms with Gasteiger partial charge < -0.3 is 23.4 Å². The number of hydrogen-bond donors (Lipinski definition) is 0. The van der Waals surface area contributed by atoms with Gasteiger partial charge in [-0.1, -0.05) is 0 Å². The Hall–Kier alpha value is -1.20. The molecule has 0 N–H and O–H groups in total. The highest BCUT2D eigenvalue weighted by molar-refractivity contribution is 7.55. The maximum atomic E-state index is 13.5. The first-order chi connectivity index (χ1) is 16.4. The van der Waals surface area contributed by atoms with Gasteiger partial charge in [-0.05, 0) is 34.6 Å². The van der Waals surface area contributed by atoms with E-state index in [0.29, 0.717) is 65.6 Å². The molecule has 11 nitrogen and oxygen atoms in total. The van der Waals surface area contributed by atoms with Crippen molar-refractivity contribution in [2.45, 2.75) is 45.5 Å². The monoisotopic (exact) mass is 518 g/mol. The van der Waals surface area contributed by atoms with E-state index in [4.69, 9.17) is 13.8 Å². The molecule has 2 aliphatic rings. The fraction of sp³-hybridized carbons (Fsp3) is 0.870. The highest BCUT2D eigenvalue weighted by Crippen LogP contribution is 2.63. The van der Waals surface area contributed by atoms with Gasteiger partial charge in [-0.2, -0.15) is 0 Å². The molecule has 35 heavy (non-hydrogen) atoms. The molecule has 2 saturated heterocycles. The van der Waals surface area contributed by atoms with Crippen molar-refractivity contribution in [3.8, 4) is 0 Å². The molecule has 202 valence electrons. The van der Waals surface area contributed by atoms with Crippen LogP contribution in [0.3, 0.4) is 0 Å². The molecule has 12 heteroatoms. The predicted molar refractivity (Wildman–Crippen MR) is 132 cm³/mol. The average Bonchev–Trinajstić information content (AvgIpc) is 3.20. The maximum absolute atomic E-state index is 13.5. The Morgan fingerprint density at radius 1 is 0.800 bits per heavy atom. The van der Waals surface area contributed by atoms with Crippen LogP contribution >= 0.6 is 7.60 Å². The van der Waals surface area contributed by atoms with E-state index in [1.165, 1.54) is 0 Å². The van der Waals surface area contributed by atoms with E-state index in [2.05, 4.69) is 4.90 Å². The van der Waals surface area contributed by atoms with E-state index in [9.17, 15) is 18.9 Å². The van der Waals surface area contributed by atoms with Gasteiger partial charge in [0.25, 0.3) is 0 Å². The van der Waals surface area contributed by atoms with Crippen LogP contribution in [-0.4, -0.2) is 134 Å². The summed E-state index contributed by atoms with van der Waals surface area (Å²) in [6.45, 7) is 15.0. The number of ether oxygens (including phenoxy) is 1. The van der Waals surface area contributed by atoms with Crippen LogP contribution in [0.5, 0.6) is 0 Å². The zero-order valence-electron chi connectivity index (χ0n) is 21.9. The topological polar surface area (TPSA) is 109 Å². The highest BCUT2D eigenvalue weighted by Gasteiger charge is 2.50. The van der Waals surface area contributed by atoms with Gasteiger partial charge in [-0.15, -0.1) is 0 Å². The van der Waals surface area contributed by atoms with Crippen LogP contribution in [0.15, 0.2) is 0 Å². The summed E-state index contributed by atoms with van der Waals surface area (Å²) in [5.74, 6) is -0.315. The van der Waals surface area contributed by atoms with Crippen molar-refractivity contribution in [2.75, 3.05) is 85.2 Å². The number of aldehydes is 2. The van der Waals surface area contributed by atoms with Crippen LogP contribution in [0.25, 0.3) is 0 Å². The Kier molecular flexibility index (Phi) is 11.5. The zero-order chi connectivity index (χ0) is 26.1. The molecule has 0 saturated carbocycles. The number of rotatable bonds is 8. The van der Waals surface area contributed by atoms with Crippen molar-refractivity contribution < 1.29 is 32.7 Å². The molecule has 0 spiro atoms. The van der Waals surface area contributed by atoms with Gasteiger partial charge in [0, 0.05) is 52.4 Å². The molecule has 0 amide bonds. The summed E-state index contributed by atoms with van der Waals surface area (Å²) in [6.07, 6.45) is 1.75. The van der Waals surface area contributed by atoms with E-state index in [-0.39, 0.29) is 25.6 Å². The Balaban J connectivity index is 2.25. The lowest BCUT2D eigenvalue weighted by molar-refractivity contribution is -0.156. The lowest BCUT2D eigenvalue weighted by Crippen LogP contribution is -2.52. The Labute approximate surface area is 209 Å². The minimum absolute atomic E-state index is 0.113. The van der Waals surface area contributed by atoms with Crippen LogP contribution in [0.1, 0.15) is 34.6 Å². The van der Waals surface area contributed by atoms with Crippen LogP contribution in [0, 0.1) is 0 Å². The van der Waals surface area contributed by atoms with Gasteiger partial charge >= 0.3 is 13.6 Å². The Bertz CT molecular complexity index is 749. The predicted octanol–water partition coefficient (Wildman–Crippen LogP) is 0.924. The smallest absolute Gasteiger partial charge is 0.350 e. The summed E-state index contributed by atoms with van der Waals surface area (Å²) in [7, 11) is -3.37. The molecule has 0 atom stereocenters. The lowest BCUT2D eigenvalue weighted by atomic mass is 10.2. The fourth-order valence-corrected chi connectivity index (χ4v) is 6.10. The molecular weight excluding hydrogens is 475 g/mol. The highest BCUT2D eigenvalue weighted by atomic mass is 31.2. The summed E-state index contributed by atoms with van der Waals surface area (Å²) in [5.41, 5.74) is -0.584. The molecule has 2 rings (SSSR count). The molecule has 0 aromatic heterocycles. The number of nitrogens with zero attached hydrogens (tertiary/aromatic N) is 4. The first-order valence-electron chi connectivity index (χ1n) is 12.3. The van der Waals surface area contributed by atoms with Crippen molar-refractivity contribution in [2.24, 2.45) is 0 Å². The molecule has 0 aromatic rings. The van der Waals surface area contributed by atoms with E-state index in [1.807, 2.05) is 49.3 Å². The summed E-state index contributed by atoms with van der Waals surface area (Å²) in [5, 5.41) is -0.887. The van der Waals surface area contributed by atoms with Crippen molar-refractivity contribution >= 4 is 26.1 Å². The summed E-state index contributed by atoms with van der Waals surface area (Å²) >= 11 is 0. The van der Waals surface area contributed by atoms with Gasteiger partial charge in [-0.25, -0.2) is 0 Å². The summed E-state index contributed by atoms with van der Waals surface area (Å²) in [4.78, 5) is 43.2. The molecule has 0 bridgehead atoms. The van der Waals surface area contributed by atoms with Crippen molar-refractivity contribution in [1.29, 1.82) is 0 Å². The number of carbonyl (C=O) groups is 3.